The second-order valence-electron chi connectivity index (χ2n) is 11.2. The second-order valence-corrected chi connectivity index (χ2v) is 15.4. The molecule has 0 N–H and O–H groups in total. The zero-order chi connectivity index (χ0) is 23.8. The molecular weight excluding hydrogens is 412 g/mol. The van der Waals surface area contributed by atoms with E-state index in [9.17, 15) is 0 Å². The van der Waals surface area contributed by atoms with E-state index in [4.69, 9.17) is 0 Å². The molecule has 178 valence electrons. The van der Waals surface area contributed by atoms with Crippen LogP contribution in [0, 0.1) is 11.8 Å². The van der Waals surface area contributed by atoms with Crippen LogP contribution < -0.4 is 10.4 Å². The van der Waals surface area contributed by atoms with Crippen LogP contribution in [0.3, 0.4) is 0 Å². The standard InChI is InChI=1S/C32H46Si/c1-25(2)13-11-15-27(5)21-23-33(24-22-28(6)16-12-14-26(3)4)31-19-9-7-17-29(31)30-18-8-10-20-32(30)33/h7-10,13-14,17-20,27-28H,11-12,15-16,21-24H2,1-6H3/t27-,28+. The molecule has 0 radical (unpaired) electrons. The first-order valence-electron chi connectivity index (χ1n) is 13.3. The molecule has 0 saturated carbocycles. The monoisotopic (exact) mass is 458 g/mol. The normalized spacial score (nSPS) is 15.3. The van der Waals surface area contributed by atoms with Gasteiger partial charge < -0.3 is 0 Å². The molecule has 0 aliphatic carbocycles. The maximum Gasteiger partial charge on any atom is 0.119 e. The molecule has 0 unspecified atom stereocenters. The van der Waals surface area contributed by atoms with Crippen molar-refractivity contribution >= 4 is 18.4 Å². The van der Waals surface area contributed by atoms with Gasteiger partial charge in [-0.1, -0.05) is 98.5 Å². The van der Waals surface area contributed by atoms with Crippen molar-refractivity contribution < 1.29 is 0 Å². The lowest BCUT2D eigenvalue weighted by molar-refractivity contribution is 0.508. The van der Waals surface area contributed by atoms with Gasteiger partial charge in [0, 0.05) is 0 Å². The van der Waals surface area contributed by atoms with Gasteiger partial charge in [-0.3, -0.25) is 0 Å². The molecule has 33 heavy (non-hydrogen) atoms. The summed E-state index contributed by atoms with van der Waals surface area (Å²) >= 11 is 0. The molecule has 1 aliphatic heterocycles. The zero-order valence-electron chi connectivity index (χ0n) is 22.1. The summed E-state index contributed by atoms with van der Waals surface area (Å²) in [5.41, 5.74) is 5.98. The summed E-state index contributed by atoms with van der Waals surface area (Å²) in [5, 5.41) is 3.44. The van der Waals surface area contributed by atoms with Gasteiger partial charge in [-0.05, 0) is 98.8 Å². The smallest absolute Gasteiger partial charge is 0.0859 e. The number of benzene rings is 2. The summed E-state index contributed by atoms with van der Waals surface area (Å²) < 4.78 is 0. The summed E-state index contributed by atoms with van der Waals surface area (Å²) in [6, 6.07) is 21.6. The second kappa shape index (κ2) is 12.0. The molecule has 0 spiro atoms. The van der Waals surface area contributed by atoms with Gasteiger partial charge in [0.2, 0.25) is 0 Å². The maximum atomic E-state index is 2.49. The lowest BCUT2D eigenvalue weighted by Crippen LogP contribution is -2.55. The summed E-state index contributed by atoms with van der Waals surface area (Å²) in [4.78, 5) is 0. The summed E-state index contributed by atoms with van der Waals surface area (Å²) in [5.74, 6) is 1.58. The Morgan fingerprint density at radius 1 is 0.636 bits per heavy atom. The molecule has 0 saturated heterocycles. The van der Waals surface area contributed by atoms with Crippen LogP contribution in [0.25, 0.3) is 11.1 Å². The van der Waals surface area contributed by atoms with Crippen LogP contribution in [0.2, 0.25) is 12.1 Å². The van der Waals surface area contributed by atoms with E-state index in [0.717, 1.165) is 11.8 Å². The molecule has 2 atom stereocenters. The van der Waals surface area contributed by atoms with E-state index in [1.54, 1.807) is 10.4 Å². The van der Waals surface area contributed by atoms with Crippen LogP contribution in [0.4, 0.5) is 0 Å². The lowest BCUT2D eigenvalue weighted by Gasteiger charge is -2.32. The lowest BCUT2D eigenvalue weighted by atomic mass is 10.0. The molecule has 0 bridgehead atoms. The van der Waals surface area contributed by atoms with Gasteiger partial charge >= 0.3 is 0 Å². The van der Waals surface area contributed by atoms with E-state index in [-0.39, 0.29) is 0 Å². The van der Waals surface area contributed by atoms with Gasteiger partial charge in [-0.25, -0.2) is 0 Å². The van der Waals surface area contributed by atoms with Crippen LogP contribution in [0.1, 0.15) is 80.1 Å². The van der Waals surface area contributed by atoms with Crippen molar-refractivity contribution in [3.05, 3.63) is 71.8 Å². The minimum absolute atomic E-state index is 0.792. The third-order valence-corrected chi connectivity index (χ3v) is 12.9. The molecular formula is C32H46Si. The molecule has 0 amide bonds. The van der Waals surface area contributed by atoms with E-state index in [1.165, 1.54) is 72.9 Å². The average molecular weight is 459 g/mol. The predicted molar refractivity (Wildman–Crippen MR) is 151 cm³/mol. The molecule has 2 aromatic rings. The fourth-order valence-electron chi connectivity index (χ4n) is 5.67. The van der Waals surface area contributed by atoms with E-state index >= 15 is 0 Å². The molecule has 0 aromatic heterocycles. The van der Waals surface area contributed by atoms with Crippen molar-refractivity contribution in [2.24, 2.45) is 11.8 Å². The highest BCUT2D eigenvalue weighted by molar-refractivity contribution is 7.05. The number of hydrogen-bond donors (Lipinski definition) is 0. The Bertz CT molecular complexity index is 876. The molecule has 0 nitrogen and oxygen atoms in total. The number of fused-ring (bicyclic) bond motifs is 3. The van der Waals surface area contributed by atoms with Gasteiger partial charge in [0.25, 0.3) is 0 Å². The largest absolute Gasteiger partial charge is 0.119 e. The first-order valence-corrected chi connectivity index (χ1v) is 15.7. The van der Waals surface area contributed by atoms with Crippen molar-refractivity contribution in [1.82, 2.24) is 0 Å². The van der Waals surface area contributed by atoms with Crippen molar-refractivity contribution in [1.29, 1.82) is 0 Å². The SMILES string of the molecule is CC(C)=CCC[C@@H](C)CC[Si]1(CC[C@@H](C)CCC=C(C)C)c2ccccc2-c2ccccc21. The third-order valence-electron chi connectivity index (χ3n) is 7.73. The van der Waals surface area contributed by atoms with Crippen LogP contribution in [0.5, 0.6) is 0 Å². The zero-order valence-corrected chi connectivity index (χ0v) is 23.1. The van der Waals surface area contributed by atoms with Crippen molar-refractivity contribution in [3.8, 4) is 11.1 Å². The molecule has 2 aromatic carbocycles. The Labute approximate surface area is 205 Å². The molecule has 3 rings (SSSR count). The van der Waals surface area contributed by atoms with Crippen molar-refractivity contribution in [2.75, 3.05) is 0 Å². The van der Waals surface area contributed by atoms with E-state index in [1.807, 2.05) is 0 Å². The molecule has 1 heteroatoms. The highest BCUT2D eigenvalue weighted by Crippen LogP contribution is 2.36. The van der Waals surface area contributed by atoms with E-state index in [2.05, 4.69) is 102 Å². The van der Waals surface area contributed by atoms with Gasteiger partial charge in [-0.15, -0.1) is 0 Å². The fraction of sp³-hybridized carbons (Fsp3) is 0.500. The summed E-state index contributed by atoms with van der Waals surface area (Å²) in [6.07, 6.45) is 12.6. The minimum atomic E-state index is -1.75. The average Bonchev–Trinajstić information content (AvgIpc) is 3.06. The van der Waals surface area contributed by atoms with Gasteiger partial charge in [0.15, 0.2) is 0 Å². The van der Waals surface area contributed by atoms with Gasteiger partial charge in [-0.2, -0.15) is 0 Å². The first kappa shape index (κ1) is 25.8. The van der Waals surface area contributed by atoms with E-state index < -0.39 is 8.07 Å². The highest BCUT2D eigenvalue weighted by atomic mass is 28.3. The van der Waals surface area contributed by atoms with Crippen molar-refractivity contribution in [3.63, 3.8) is 0 Å². The molecule has 0 fully saturated rings. The number of allylic oxidation sites excluding steroid dienone is 4. The Kier molecular flexibility index (Phi) is 9.38. The number of rotatable bonds is 12. The summed E-state index contributed by atoms with van der Waals surface area (Å²) in [7, 11) is -1.75. The van der Waals surface area contributed by atoms with Gasteiger partial charge in [0.05, 0.1) is 0 Å². The number of hydrogen-bond acceptors (Lipinski definition) is 0. The van der Waals surface area contributed by atoms with Crippen LogP contribution >= 0.6 is 0 Å². The minimum Gasteiger partial charge on any atom is -0.0859 e. The van der Waals surface area contributed by atoms with Gasteiger partial charge in [0.1, 0.15) is 8.07 Å². The molecule has 1 heterocycles. The Hall–Kier alpha value is -1.86. The van der Waals surface area contributed by atoms with Crippen LogP contribution in [-0.4, -0.2) is 8.07 Å². The fourth-order valence-corrected chi connectivity index (χ4v) is 11.6. The maximum absolute atomic E-state index is 2.49. The third kappa shape index (κ3) is 6.60. The van der Waals surface area contributed by atoms with Crippen LogP contribution in [0.15, 0.2) is 71.8 Å². The first-order chi connectivity index (χ1) is 15.8. The Balaban J connectivity index is 1.83. The highest BCUT2D eigenvalue weighted by Gasteiger charge is 2.44. The Morgan fingerprint density at radius 2 is 1.03 bits per heavy atom. The van der Waals surface area contributed by atoms with E-state index in [0.29, 0.717) is 0 Å². The summed E-state index contributed by atoms with van der Waals surface area (Å²) in [6.45, 7) is 13.8. The van der Waals surface area contributed by atoms with Crippen LogP contribution in [-0.2, 0) is 0 Å². The molecule has 1 aliphatic rings. The van der Waals surface area contributed by atoms with Crippen molar-refractivity contribution in [2.45, 2.75) is 92.2 Å². The quantitative estimate of drug-likeness (QED) is 0.220. The topological polar surface area (TPSA) is 0 Å². The predicted octanol–water partition coefficient (Wildman–Crippen LogP) is 8.78. The Morgan fingerprint density at radius 3 is 1.42 bits per heavy atom.